The lowest BCUT2D eigenvalue weighted by Gasteiger charge is -1.48. The lowest BCUT2D eigenvalue weighted by Crippen LogP contribution is -1.27. The van der Waals surface area contributed by atoms with E-state index in [1.807, 2.05) is 0 Å². The molecule has 0 amide bonds. The molecule has 0 aliphatic heterocycles. The summed E-state index contributed by atoms with van der Waals surface area (Å²) in [5.74, 6) is 0. The third-order valence-electron chi connectivity index (χ3n) is 0. The summed E-state index contributed by atoms with van der Waals surface area (Å²) in [6.07, 6.45) is 1.25. The van der Waals surface area contributed by atoms with Gasteiger partial charge in [0.2, 0.25) is 0 Å². The smallest absolute Gasteiger partial charge is 0.0590 e. The molecule has 0 atom stereocenters. The van der Waals surface area contributed by atoms with Gasteiger partial charge < -0.3 is 12.3 Å². The fourth-order valence-corrected chi connectivity index (χ4v) is 0. The first kappa shape index (κ1) is 45.0. The van der Waals surface area contributed by atoms with E-state index in [4.69, 9.17) is 0 Å². The van der Waals surface area contributed by atoms with Crippen molar-refractivity contribution in [2.45, 2.75) is 20.3 Å². The van der Waals surface area contributed by atoms with Gasteiger partial charge in [-0.05, 0) is 0 Å². The first-order valence-corrected chi connectivity index (χ1v) is 1.41. The number of hydrogen-bond donors (Lipinski definition) is 2. The Balaban J connectivity index is -0.00000000333. The fraction of sp³-hybridized carbons (Fsp3) is 1.00. The lowest BCUT2D eigenvalue weighted by molar-refractivity contribution is 1.09. The van der Waals surface area contributed by atoms with Crippen molar-refractivity contribution in [2.24, 2.45) is 0 Å². The van der Waals surface area contributed by atoms with Gasteiger partial charge in [-0.15, -0.1) is 34.0 Å². The van der Waals surface area contributed by atoms with Crippen molar-refractivity contribution >= 4 is 34.0 Å². The second-order valence-corrected chi connectivity index (χ2v) is 0.707. The molecule has 4 heteroatoms. The SMILES string of the molecule is Br.Br.CCC.N.N. The molecule has 7 heavy (non-hydrogen) atoms. The second kappa shape index (κ2) is 67.3. The summed E-state index contributed by atoms with van der Waals surface area (Å²) in [6, 6.07) is 0. The van der Waals surface area contributed by atoms with Crippen LogP contribution in [0.25, 0.3) is 0 Å². The zero-order chi connectivity index (χ0) is 2.71. The largest absolute Gasteiger partial charge is 0.344 e. The van der Waals surface area contributed by atoms with Gasteiger partial charge in [0.25, 0.3) is 0 Å². The van der Waals surface area contributed by atoms with Crippen molar-refractivity contribution in [3.63, 3.8) is 0 Å². The minimum Gasteiger partial charge on any atom is -0.344 e. The van der Waals surface area contributed by atoms with Crippen LogP contribution in [0, 0.1) is 0 Å². The van der Waals surface area contributed by atoms with Gasteiger partial charge in [0.05, 0.1) is 0 Å². The zero-order valence-electron chi connectivity index (χ0n) is 4.94. The molecule has 0 aromatic carbocycles. The van der Waals surface area contributed by atoms with Gasteiger partial charge in [-0.3, -0.25) is 0 Å². The molecule has 0 aromatic rings. The molecule has 0 bridgehead atoms. The van der Waals surface area contributed by atoms with Crippen LogP contribution in [0.3, 0.4) is 0 Å². The molecule has 0 aromatic heterocycles. The van der Waals surface area contributed by atoms with Crippen molar-refractivity contribution in [1.29, 1.82) is 0 Å². The second-order valence-electron chi connectivity index (χ2n) is 0.707. The van der Waals surface area contributed by atoms with Crippen molar-refractivity contribution in [1.82, 2.24) is 12.3 Å². The molecule has 2 nitrogen and oxygen atoms in total. The van der Waals surface area contributed by atoms with Gasteiger partial charge in [0.1, 0.15) is 0 Å². The Morgan fingerprint density at radius 3 is 0.857 bits per heavy atom. The van der Waals surface area contributed by atoms with E-state index < -0.39 is 0 Å². The average Bonchev–Trinajstić information content (AvgIpc) is 0.918. The lowest BCUT2D eigenvalue weighted by atomic mass is 10.6. The third-order valence-corrected chi connectivity index (χ3v) is 0. The van der Waals surface area contributed by atoms with Crippen LogP contribution in [0.5, 0.6) is 0 Å². The van der Waals surface area contributed by atoms with E-state index in [9.17, 15) is 0 Å². The molecule has 0 fully saturated rings. The molecule has 6 N–H and O–H groups in total. The number of halogens is 2. The number of hydrogen-bond acceptors (Lipinski definition) is 2. The van der Waals surface area contributed by atoms with Crippen LogP contribution in [0.4, 0.5) is 0 Å². The van der Waals surface area contributed by atoms with Crippen molar-refractivity contribution in [2.75, 3.05) is 0 Å². The molecule has 0 aliphatic carbocycles. The molecule has 0 radical (unpaired) electrons. The van der Waals surface area contributed by atoms with Gasteiger partial charge in [-0.2, -0.15) is 0 Å². The Bertz CT molecular complexity index is 10.9. The summed E-state index contributed by atoms with van der Waals surface area (Å²) in [5.41, 5.74) is 0. The first-order valence-electron chi connectivity index (χ1n) is 1.41. The molecular weight excluding hydrogens is 224 g/mol. The van der Waals surface area contributed by atoms with E-state index in [0.29, 0.717) is 0 Å². The molecule has 0 saturated heterocycles. The highest BCUT2D eigenvalue weighted by Crippen LogP contribution is 1.56. The quantitative estimate of drug-likeness (QED) is 0.683. The first-order chi connectivity index (χ1) is 1.41. The van der Waals surface area contributed by atoms with E-state index in [1.54, 1.807) is 0 Å². The van der Waals surface area contributed by atoms with Crippen LogP contribution in [-0.4, -0.2) is 0 Å². The fourth-order valence-electron chi connectivity index (χ4n) is 0. The van der Waals surface area contributed by atoms with E-state index in [0.717, 1.165) is 0 Å². The number of rotatable bonds is 0. The van der Waals surface area contributed by atoms with Gasteiger partial charge >= 0.3 is 0 Å². The third kappa shape index (κ3) is 212. The molecule has 52 valence electrons. The predicted octanol–water partition coefficient (Wildman–Crippen LogP) is 2.90. The Hall–Kier alpha value is 0.880. The van der Waals surface area contributed by atoms with Crippen LogP contribution in [0.1, 0.15) is 20.3 Å². The minimum atomic E-state index is 0. The highest BCUT2D eigenvalue weighted by molar-refractivity contribution is 8.93. The van der Waals surface area contributed by atoms with Crippen molar-refractivity contribution in [3.8, 4) is 0 Å². The Morgan fingerprint density at radius 1 is 0.857 bits per heavy atom. The Labute approximate surface area is 66.8 Å². The summed E-state index contributed by atoms with van der Waals surface area (Å²) in [4.78, 5) is 0. The van der Waals surface area contributed by atoms with Crippen LogP contribution in [-0.2, 0) is 0 Å². The highest BCUT2D eigenvalue weighted by atomic mass is 79.9. The molecule has 0 saturated carbocycles. The monoisotopic (exact) mass is 238 g/mol. The topological polar surface area (TPSA) is 70.0 Å². The summed E-state index contributed by atoms with van der Waals surface area (Å²) >= 11 is 0. The standard InChI is InChI=1S/C3H8.2BrH.2H3N/c1-3-2;;;;/h3H2,1-2H3;2*1H;2*1H3. The minimum absolute atomic E-state index is 0. The molecule has 0 heterocycles. The summed E-state index contributed by atoms with van der Waals surface area (Å²) in [6.45, 7) is 4.25. The zero-order valence-corrected chi connectivity index (χ0v) is 8.36. The molecule has 0 aliphatic rings. The summed E-state index contributed by atoms with van der Waals surface area (Å²) < 4.78 is 0. The predicted molar refractivity (Wildman–Crippen MR) is 46.7 cm³/mol. The summed E-state index contributed by atoms with van der Waals surface area (Å²) in [7, 11) is 0. The molecular formula is C3H16Br2N2. The van der Waals surface area contributed by atoms with Gasteiger partial charge in [0.15, 0.2) is 0 Å². The van der Waals surface area contributed by atoms with Crippen LogP contribution >= 0.6 is 34.0 Å². The van der Waals surface area contributed by atoms with E-state index in [2.05, 4.69) is 13.8 Å². The maximum atomic E-state index is 2.12. The maximum Gasteiger partial charge on any atom is -0.0590 e. The van der Waals surface area contributed by atoms with Gasteiger partial charge in [-0.1, -0.05) is 20.3 Å². The Kier molecular flexibility index (Phi) is 432. The summed E-state index contributed by atoms with van der Waals surface area (Å²) in [5, 5.41) is 0. The molecule has 0 spiro atoms. The van der Waals surface area contributed by atoms with Gasteiger partial charge in [-0.25, -0.2) is 0 Å². The van der Waals surface area contributed by atoms with Crippen LogP contribution in [0.2, 0.25) is 0 Å². The Morgan fingerprint density at radius 2 is 0.857 bits per heavy atom. The molecule has 0 unspecified atom stereocenters. The average molecular weight is 240 g/mol. The van der Waals surface area contributed by atoms with Crippen molar-refractivity contribution < 1.29 is 0 Å². The van der Waals surface area contributed by atoms with E-state index >= 15 is 0 Å². The highest BCUT2D eigenvalue weighted by Gasteiger charge is 1.35. The van der Waals surface area contributed by atoms with E-state index in [-0.39, 0.29) is 46.3 Å². The normalized spacial score (nSPS) is 2.57. The van der Waals surface area contributed by atoms with E-state index in [1.165, 1.54) is 6.42 Å². The maximum absolute atomic E-state index is 2.12. The van der Waals surface area contributed by atoms with Crippen molar-refractivity contribution in [3.05, 3.63) is 0 Å². The van der Waals surface area contributed by atoms with Crippen LogP contribution < -0.4 is 12.3 Å². The van der Waals surface area contributed by atoms with Gasteiger partial charge in [0, 0.05) is 0 Å². The van der Waals surface area contributed by atoms with Crippen LogP contribution in [0.15, 0.2) is 0 Å². The molecule has 0 rings (SSSR count).